The second-order valence-electron chi connectivity index (χ2n) is 14.7. The van der Waals surface area contributed by atoms with Crippen molar-refractivity contribution in [3.8, 4) is 17.2 Å². The fourth-order valence-corrected chi connectivity index (χ4v) is 7.86. The fraction of sp³-hybridized carbons (Fsp3) is 0.378. The molecular weight excluding hydrogens is 768 g/mol. The van der Waals surface area contributed by atoms with Crippen molar-refractivity contribution in [1.82, 2.24) is 29.0 Å². The molecule has 2 aliphatic heterocycles. The van der Waals surface area contributed by atoms with Gasteiger partial charge in [0, 0.05) is 52.4 Å². The number of unbranched alkanes of at least 4 members (excludes halogenated alkanes) is 2. The number of carbonyl (C=O) groups is 2. The van der Waals surface area contributed by atoms with E-state index in [9.17, 15) is 9.59 Å². The maximum atomic E-state index is 11.0. The summed E-state index contributed by atoms with van der Waals surface area (Å²) in [6.45, 7) is 11.8. The van der Waals surface area contributed by atoms with Crippen LogP contribution in [0.2, 0.25) is 5.02 Å². The Kier molecular flexibility index (Phi) is 14.7. The first-order valence-electron chi connectivity index (χ1n) is 20.5. The molecule has 0 saturated carbocycles. The van der Waals surface area contributed by atoms with E-state index in [0.29, 0.717) is 24.3 Å². The number of hydrogen-bond acceptors (Lipinski definition) is 11. The number of anilines is 2. The Morgan fingerprint density at radius 1 is 0.593 bits per heavy atom. The molecule has 0 radical (unpaired) electrons. The smallest absolute Gasteiger partial charge is 0.153 e. The van der Waals surface area contributed by atoms with E-state index >= 15 is 0 Å². The fourth-order valence-electron chi connectivity index (χ4n) is 7.60. The van der Waals surface area contributed by atoms with E-state index in [1.54, 1.807) is 28.5 Å². The summed E-state index contributed by atoms with van der Waals surface area (Å²) in [4.78, 5) is 31.7. The lowest BCUT2D eigenvalue weighted by Crippen LogP contribution is -2.46. The molecular formula is C45H53ClN8O5. The van der Waals surface area contributed by atoms with Crippen LogP contribution in [0, 0.1) is 0 Å². The van der Waals surface area contributed by atoms with Crippen molar-refractivity contribution in [3.63, 3.8) is 0 Å². The van der Waals surface area contributed by atoms with E-state index in [1.807, 2.05) is 67.0 Å². The Labute approximate surface area is 350 Å². The van der Waals surface area contributed by atoms with E-state index in [2.05, 4.69) is 48.0 Å². The summed E-state index contributed by atoms with van der Waals surface area (Å²) < 4.78 is 20.6. The van der Waals surface area contributed by atoms with Gasteiger partial charge in [0.25, 0.3) is 0 Å². The van der Waals surface area contributed by atoms with Crippen molar-refractivity contribution in [3.05, 3.63) is 114 Å². The third-order valence-corrected chi connectivity index (χ3v) is 11.2. The molecule has 0 spiro atoms. The average molecular weight is 821 g/mol. The van der Waals surface area contributed by atoms with Gasteiger partial charge in [-0.15, -0.1) is 0 Å². The third kappa shape index (κ3) is 10.9. The predicted molar refractivity (Wildman–Crippen MR) is 232 cm³/mol. The van der Waals surface area contributed by atoms with Gasteiger partial charge in [0.05, 0.1) is 83.7 Å². The van der Waals surface area contributed by atoms with Crippen LogP contribution in [-0.2, 0) is 0 Å². The normalized spacial score (nSPS) is 14.9. The zero-order chi connectivity index (χ0) is 40.8. The molecule has 0 atom stereocenters. The zero-order valence-electron chi connectivity index (χ0n) is 33.7. The number of methoxy groups -OCH3 is 1. The summed E-state index contributed by atoms with van der Waals surface area (Å²) in [6.07, 6.45) is 12.6. The van der Waals surface area contributed by atoms with Crippen molar-refractivity contribution in [1.29, 1.82) is 0 Å². The van der Waals surface area contributed by atoms with Crippen LogP contribution in [0.25, 0.3) is 11.0 Å². The van der Waals surface area contributed by atoms with E-state index in [0.717, 1.165) is 143 Å². The van der Waals surface area contributed by atoms with Gasteiger partial charge < -0.3 is 24.0 Å². The molecule has 0 unspecified atom stereocenters. The quantitative estimate of drug-likeness (QED) is 0.0707. The van der Waals surface area contributed by atoms with E-state index in [1.165, 1.54) is 5.69 Å². The lowest BCUT2D eigenvalue weighted by atomic mass is 10.2. The molecule has 0 aliphatic carbocycles. The van der Waals surface area contributed by atoms with Crippen molar-refractivity contribution >= 4 is 46.6 Å². The number of rotatable bonds is 17. The molecule has 0 bridgehead atoms. The molecule has 2 fully saturated rings. The molecule has 2 aliphatic rings. The number of para-hydroxylation sites is 3. The minimum absolute atomic E-state index is 0.589. The van der Waals surface area contributed by atoms with Gasteiger partial charge in [-0.1, -0.05) is 35.9 Å². The molecule has 14 heteroatoms. The van der Waals surface area contributed by atoms with Gasteiger partial charge in [-0.25, -0.2) is 9.03 Å². The van der Waals surface area contributed by atoms with Crippen LogP contribution in [0.15, 0.2) is 97.6 Å². The summed E-state index contributed by atoms with van der Waals surface area (Å²) in [6, 6.07) is 23.8. The van der Waals surface area contributed by atoms with Crippen molar-refractivity contribution in [2.45, 2.75) is 25.7 Å². The van der Waals surface area contributed by atoms with E-state index < -0.39 is 0 Å². The van der Waals surface area contributed by atoms with Gasteiger partial charge in [-0.05, 0) is 87.3 Å². The number of ether oxygens (including phenoxy) is 3. The van der Waals surface area contributed by atoms with Gasteiger partial charge >= 0.3 is 0 Å². The van der Waals surface area contributed by atoms with Gasteiger partial charge in [-0.2, -0.15) is 10.2 Å². The first kappa shape index (κ1) is 41.5. The van der Waals surface area contributed by atoms with Crippen LogP contribution in [0.4, 0.5) is 11.4 Å². The SMILES string of the molecule is COc1ccccc1N1CCN(CCCCOc2ccc3c(C=O)cnn3c2)CC1.O=Cc1cnn2cc(OCCCCN3CCN(c4ccccc4Cl)CC3)ccc12. The largest absolute Gasteiger partial charge is 0.495 e. The van der Waals surface area contributed by atoms with E-state index in [4.69, 9.17) is 25.8 Å². The molecule has 6 aromatic rings. The second kappa shape index (κ2) is 20.9. The summed E-state index contributed by atoms with van der Waals surface area (Å²) >= 11 is 6.31. The van der Waals surface area contributed by atoms with Gasteiger partial charge in [0.2, 0.25) is 0 Å². The number of piperazine rings is 2. The number of pyridine rings is 2. The van der Waals surface area contributed by atoms with Crippen LogP contribution < -0.4 is 24.0 Å². The van der Waals surface area contributed by atoms with Crippen LogP contribution in [0.5, 0.6) is 17.2 Å². The number of benzene rings is 2. The molecule has 59 heavy (non-hydrogen) atoms. The highest BCUT2D eigenvalue weighted by molar-refractivity contribution is 6.33. The highest BCUT2D eigenvalue weighted by Gasteiger charge is 2.20. The number of carbonyl (C=O) groups excluding carboxylic acids is 2. The zero-order valence-corrected chi connectivity index (χ0v) is 34.5. The number of fused-ring (bicyclic) bond motifs is 2. The number of halogens is 1. The molecule has 2 aromatic carbocycles. The van der Waals surface area contributed by atoms with Crippen LogP contribution in [0.1, 0.15) is 46.4 Å². The first-order chi connectivity index (χ1) is 29.0. The van der Waals surface area contributed by atoms with Gasteiger partial charge in [0.1, 0.15) is 17.2 Å². The lowest BCUT2D eigenvalue weighted by Gasteiger charge is -2.36. The van der Waals surface area contributed by atoms with Crippen LogP contribution in [-0.4, -0.2) is 127 Å². The molecule has 0 N–H and O–H groups in total. The summed E-state index contributed by atoms with van der Waals surface area (Å²) in [5.74, 6) is 2.48. The first-order valence-corrected chi connectivity index (χ1v) is 20.8. The summed E-state index contributed by atoms with van der Waals surface area (Å²) in [7, 11) is 1.73. The Morgan fingerprint density at radius 2 is 1.07 bits per heavy atom. The third-order valence-electron chi connectivity index (χ3n) is 10.9. The van der Waals surface area contributed by atoms with Gasteiger partial charge in [0.15, 0.2) is 12.6 Å². The Balaban J connectivity index is 0.000000179. The average Bonchev–Trinajstić information content (AvgIpc) is 3.90. The van der Waals surface area contributed by atoms with E-state index in [-0.39, 0.29) is 0 Å². The Bertz CT molecular complexity index is 2260. The molecule has 4 aromatic heterocycles. The van der Waals surface area contributed by atoms with Crippen LogP contribution >= 0.6 is 11.6 Å². The Hall–Kier alpha value is -5.63. The number of aromatic nitrogens is 4. The molecule has 310 valence electrons. The minimum atomic E-state index is 0.589. The molecule has 13 nitrogen and oxygen atoms in total. The highest BCUT2D eigenvalue weighted by Crippen LogP contribution is 2.29. The molecule has 2 saturated heterocycles. The summed E-state index contributed by atoms with van der Waals surface area (Å²) in [5.41, 5.74) is 5.09. The topological polar surface area (TPSA) is 109 Å². The number of aldehydes is 2. The molecule has 6 heterocycles. The van der Waals surface area contributed by atoms with Crippen molar-refractivity contribution in [2.75, 3.05) is 95.6 Å². The predicted octanol–water partition coefficient (Wildman–Crippen LogP) is 6.92. The van der Waals surface area contributed by atoms with Crippen LogP contribution in [0.3, 0.4) is 0 Å². The summed E-state index contributed by atoms with van der Waals surface area (Å²) in [5, 5.41) is 9.18. The highest BCUT2D eigenvalue weighted by atomic mass is 35.5. The molecule has 0 amide bonds. The van der Waals surface area contributed by atoms with Crippen molar-refractivity contribution in [2.24, 2.45) is 0 Å². The maximum Gasteiger partial charge on any atom is 0.153 e. The maximum absolute atomic E-state index is 11.0. The number of nitrogens with zero attached hydrogens (tertiary/aromatic N) is 8. The lowest BCUT2D eigenvalue weighted by molar-refractivity contribution is 0.111. The van der Waals surface area contributed by atoms with Crippen molar-refractivity contribution < 1.29 is 23.8 Å². The molecule has 8 rings (SSSR count). The minimum Gasteiger partial charge on any atom is -0.495 e. The number of hydrogen-bond donors (Lipinski definition) is 0. The second-order valence-corrected chi connectivity index (χ2v) is 15.1. The standard InChI is InChI=1S/C23H28N4O3.C22H25ClN4O2/c1-29-23-7-3-2-6-22(23)26-13-11-25(12-14-26)10-4-5-15-30-20-8-9-21-19(18-28)16-24-27(21)17-20;23-20-5-1-2-6-22(20)26-12-10-25(11-13-26)9-3-4-14-29-19-7-8-21-18(17-28)15-24-27(21)16-19/h2-3,6-9,16-18H,4-5,10-15H2,1H3;1-2,5-8,15-17H,3-4,9-14H2. The Morgan fingerprint density at radius 3 is 1.56 bits per heavy atom. The monoisotopic (exact) mass is 820 g/mol. The van der Waals surface area contributed by atoms with Gasteiger partial charge in [-0.3, -0.25) is 19.4 Å².